The Labute approximate surface area is 144 Å². The maximum atomic E-state index is 13.0. The van der Waals surface area contributed by atoms with Crippen LogP contribution in [0.25, 0.3) is 5.57 Å². The van der Waals surface area contributed by atoms with Crippen LogP contribution in [0.1, 0.15) is 26.5 Å². The highest BCUT2D eigenvalue weighted by atomic mass is 32.2. The Bertz CT molecular complexity index is 884. The summed E-state index contributed by atoms with van der Waals surface area (Å²) >= 11 is 1.18. The van der Waals surface area contributed by atoms with Crippen LogP contribution in [0.3, 0.4) is 0 Å². The van der Waals surface area contributed by atoms with E-state index in [1.165, 1.54) is 25.2 Å². The molecule has 128 valence electrons. The molecule has 24 heavy (non-hydrogen) atoms. The third-order valence-electron chi connectivity index (χ3n) is 3.50. The van der Waals surface area contributed by atoms with Gasteiger partial charge in [0.15, 0.2) is 15.0 Å². The molecule has 0 unspecified atom stereocenters. The zero-order valence-electron chi connectivity index (χ0n) is 13.5. The summed E-state index contributed by atoms with van der Waals surface area (Å²) in [5, 5.41) is 4.53. The van der Waals surface area contributed by atoms with Crippen molar-refractivity contribution >= 4 is 37.8 Å². The first-order chi connectivity index (χ1) is 11.1. The third-order valence-corrected chi connectivity index (χ3v) is 6.68. The Hall–Kier alpha value is -2.06. The van der Waals surface area contributed by atoms with Crippen LogP contribution < -0.4 is 5.32 Å². The first-order valence-corrected chi connectivity index (χ1v) is 9.35. The molecule has 2 aromatic rings. The van der Waals surface area contributed by atoms with Gasteiger partial charge in [-0.25, -0.2) is 17.8 Å². The number of amides is 1. The molecule has 0 fully saturated rings. The van der Waals surface area contributed by atoms with Crippen LogP contribution in [0.4, 0.5) is 9.52 Å². The van der Waals surface area contributed by atoms with Gasteiger partial charge in [-0.2, -0.15) is 0 Å². The maximum Gasteiger partial charge on any atom is 0.247 e. The lowest BCUT2D eigenvalue weighted by Crippen LogP contribution is -2.44. The van der Waals surface area contributed by atoms with Gasteiger partial charge in [0, 0.05) is 5.38 Å². The standard InChI is InChI=1S/C16H17FN2O3S2/c1-10(2)13-9-23-15(18-13)19-14(20)16(3,4)24(21,22)12-7-5-11(17)6-8-12/h5-9H,1H2,2-4H3,(H,18,19,20). The molecular formula is C16H17FN2O3S2. The van der Waals surface area contributed by atoms with Crippen molar-refractivity contribution in [3.63, 3.8) is 0 Å². The molecule has 1 amide bonds. The van der Waals surface area contributed by atoms with E-state index < -0.39 is 26.3 Å². The minimum absolute atomic E-state index is 0.120. The highest BCUT2D eigenvalue weighted by Crippen LogP contribution is 2.28. The summed E-state index contributed by atoms with van der Waals surface area (Å²) in [5.41, 5.74) is 1.37. The van der Waals surface area contributed by atoms with Gasteiger partial charge in [0.25, 0.3) is 0 Å². The van der Waals surface area contributed by atoms with E-state index >= 15 is 0 Å². The Morgan fingerprint density at radius 3 is 2.38 bits per heavy atom. The first-order valence-electron chi connectivity index (χ1n) is 6.99. The number of hydrogen-bond acceptors (Lipinski definition) is 5. The fourth-order valence-electron chi connectivity index (χ4n) is 1.81. The zero-order chi connectivity index (χ0) is 18.1. The van der Waals surface area contributed by atoms with E-state index in [-0.39, 0.29) is 4.90 Å². The monoisotopic (exact) mass is 368 g/mol. The molecule has 8 heteroatoms. The molecule has 2 rings (SSSR count). The number of aromatic nitrogens is 1. The van der Waals surface area contributed by atoms with Crippen LogP contribution in [0.15, 0.2) is 41.1 Å². The molecule has 0 spiro atoms. The predicted octanol–water partition coefficient (Wildman–Crippen LogP) is 3.51. The van der Waals surface area contributed by atoms with Gasteiger partial charge in [-0.05, 0) is 50.6 Å². The molecule has 0 aliphatic rings. The SMILES string of the molecule is C=C(C)c1csc(NC(=O)C(C)(C)S(=O)(=O)c2ccc(F)cc2)n1. The lowest BCUT2D eigenvalue weighted by atomic mass is 10.2. The van der Waals surface area contributed by atoms with E-state index in [9.17, 15) is 17.6 Å². The number of hydrogen-bond donors (Lipinski definition) is 1. The van der Waals surface area contributed by atoms with Gasteiger partial charge in [0.1, 0.15) is 10.6 Å². The van der Waals surface area contributed by atoms with Gasteiger partial charge in [0.2, 0.25) is 5.91 Å². The van der Waals surface area contributed by atoms with Gasteiger partial charge in [-0.15, -0.1) is 11.3 Å². The van der Waals surface area contributed by atoms with E-state index in [0.717, 1.165) is 29.8 Å². The van der Waals surface area contributed by atoms with E-state index in [1.54, 1.807) is 12.3 Å². The molecule has 0 saturated heterocycles. The third kappa shape index (κ3) is 3.39. The van der Waals surface area contributed by atoms with Gasteiger partial charge in [0.05, 0.1) is 10.6 Å². The number of carbonyl (C=O) groups excluding carboxylic acids is 1. The molecule has 0 atom stereocenters. The van der Waals surface area contributed by atoms with Crippen LogP contribution in [0, 0.1) is 5.82 Å². The fraction of sp³-hybridized carbons (Fsp3) is 0.250. The fourth-order valence-corrected chi connectivity index (χ4v) is 3.96. The average molecular weight is 368 g/mol. The van der Waals surface area contributed by atoms with E-state index in [4.69, 9.17) is 0 Å². The highest BCUT2D eigenvalue weighted by molar-refractivity contribution is 7.93. The van der Waals surface area contributed by atoms with Gasteiger partial charge >= 0.3 is 0 Å². The van der Waals surface area contributed by atoms with Crippen molar-refractivity contribution in [1.82, 2.24) is 4.98 Å². The number of carbonyl (C=O) groups is 1. The zero-order valence-corrected chi connectivity index (χ0v) is 15.1. The molecule has 0 radical (unpaired) electrons. The molecule has 0 bridgehead atoms. The van der Waals surface area contributed by atoms with Gasteiger partial charge in [-0.1, -0.05) is 6.58 Å². The van der Waals surface area contributed by atoms with Gasteiger partial charge in [-0.3, -0.25) is 4.79 Å². The second kappa shape index (κ2) is 6.45. The van der Waals surface area contributed by atoms with E-state index in [1.807, 2.05) is 0 Å². The number of sulfone groups is 1. The number of halogens is 1. The molecule has 0 saturated carbocycles. The number of nitrogens with one attached hydrogen (secondary N) is 1. The number of allylic oxidation sites excluding steroid dienone is 1. The number of nitrogens with zero attached hydrogens (tertiary/aromatic N) is 1. The molecule has 0 aliphatic carbocycles. The molecule has 5 nitrogen and oxygen atoms in total. The summed E-state index contributed by atoms with van der Waals surface area (Å²) in [6.07, 6.45) is 0. The normalized spacial score (nSPS) is 12.0. The molecule has 1 aromatic carbocycles. The Morgan fingerprint density at radius 2 is 1.88 bits per heavy atom. The summed E-state index contributed by atoms with van der Waals surface area (Å²) in [6, 6.07) is 4.37. The number of anilines is 1. The minimum Gasteiger partial charge on any atom is -0.301 e. The van der Waals surface area contributed by atoms with Crippen molar-refractivity contribution in [1.29, 1.82) is 0 Å². The molecule has 1 heterocycles. The second-order valence-corrected chi connectivity index (χ2v) is 9.10. The van der Waals surface area contributed by atoms with Gasteiger partial charge < -0.3 is 5.32 Å². The predicted molar refractivity (Wildman–Crippen MR) is 93.1 cm³/mol. The molecular weight excluding hydrogens is 351 g/mol. The average Bonchev–Trinajstić information content (AvgIpc) is 2.96. The number of benzene rings is 1. The molecule has 1 N–H and O–H groups in total. The van der Waals surface area contributed by atoms with Crippen molar-refractivity contribution < 1.29 is 17.6 Å². The Kier molecular flexibility index (Phi) is 4.91. The smallest absolute Gasteiger partial charge is 0.247 e. The van der Waals surface area contributed by atoms with E-state index in [0.29, 0.717) is 10.8 Å². The second-order valence-electron chi connectivity index (χ2n) is 5.74. The maximum absolute atomic E-state index is 13.0. The first kappa shape index (κ1) is 18.3. The largest absolute Gasteiger partial charge is 0.301 e. The molecule has 1 aromatic heterocycles. The van der Waals surface area contributed by atoms with Crippen LogP contribution >= 0.6 is 11.3 Å². The summed E-state index contributed by atoms with van der Waals surface area (Å²) in [7, 11) is -4.00. The topological polar surface area (TPSA) is 76.1 Å². The lowest BCUT2D eigenvalue weighted by Gasteiger charge is -2.23. The van der Waals surface area contributed by atoms with Crippen molar-refractivity contribution in [2.75, 3.05) is 5.32 Å². The summed E-state index contributed by atoms with van der Waals surface area (Å²) < 4.78 is 36.6. The van der Waals surface area contributed by atoms with E-state index in [2.05, 4.69) is 16.9 Å². The van der Waals surface area contributed by atoms with Crippen LogP contribution in [0.2, 0.25) is 0 Å². The van der Waals surface area contributed by atoms with Crippen molar-refractivity contribution in [2.45, 2.75) is 30.4 Å². The summed E-state index contributed by atoms with van der Waals surface area (Å²) in [4.78, 5) is 16.5. The summed E-state index contributed by atoms with van der Waals surface area (Å²) in [6.45, 7) is 8.14. The summed E-state index contributed by atoms with van der Waals surface area (Å²) in [5.74, 6) is -1.26. The highest BCUT2D eigenvalue weighted by Gasteiger charge is 2.43. The van der Waals surface area contributed by atoms with Crippen LogP contribution in [-0.2, 0) is 14.6 Å². The number of thiazole rings is 1. The quantitative estimate of drug-likeness (QED) is 0.820. The Balaban J connectivity index is 2.28. The van der Waals surface area contributed by atoms with Crippen molar-refractivity contribution in [2.24, 2.45) is 0 Å². The lowest BCUT2D eigenvalue weighted by molar-refractivity contribution is -0.117. The van der Waals surface area contributed by atoms with Crippen LogP contribution in [0.5, 0.6) is 0 Å². The minimum atomic E-state index is -4.00. The van der Waals surface area contributed by atoms with Crippen molar-refractivity contribution in [3.8, 4) is 0 Å². The number of rotatable bonds is 5. The van der Waals surface area contributed by atoms with Crippen LogP contribution in [-0.4, -0.2) is 24.1 Å². The molecule has 0 aliphatic heterocycles. The Morgan fingerprint density at radius 1 is 1.29 bits per heavy atom. The van der Waals surface area contributed by atoms with Crippen molar-refractivity contribution in [3.05, 3.63) is 47.7 Å².